The minimum absolute atomic E-state index is 0.00220. The molecule has 0 N–H and O–H groups in total. The molecule has 0 bridgehead atoms. The normalized spacial score (nSPS) is 29.3. The molecule has 2 saturated heterocycles. The number of nitrogens with zero attached hydrogens (tertiary/aromatic N) is 1. The Kier molecular flexibility index (Phi) is 5.15. The number of rotatable bonds is 5. The van der Waals surface area contributed by atoms with Crippen molar-refractivity contribution in [1.82, 2.24) is 4.90 Å². The second-order valence-corrected chi connectivity index (χ2v) is 8.57. The summed E-state index contributed by atoms with van der Waals surface area (Å²) in [6, 6.07) is 11.6. The van der Waals surface area contributed by atoms with Gasteiger partial charge in [-0.2, -0.15) is 0 Å². The van der Waals surface area contributed by atoms with Crippen LogP contribution in [0, 0.1) is 5.92 Å². The molecule has 1 aromatic carbocycles. The van der Waals surface area contributed by atoms with Gasteiger partial charge < -0.3 is 0 Å². The van der Waals surface area contributed by atoms with Crippen LogP contribution < -0.4 is 4.46 Å². The number of fused-ring (bicyclic) bond motifs is 1. The Balaban J connectivity index is 1.67. The molecular weight excluding hydrogens is 325 g/mol. The van der Waals surface area contributed by atoms with Crippen molar-refractivity contribution in [2.75, 3.05) is 6.54 Å². The van der Waals surface area contributed by atoms with Gasteiger partial charge in [0.25, 0.3) is 0 Å². The molecule has 21 heavy (non-hydrogen) atoms. The summed E-state index contributed by atoms with van der Waals surface area (Å²) < 4.78 is 1.76. The minimum atomic E-state index is -0.00220. The summed E-state index contributed by atoms with van der Waals surface area (Å²) in [5.41, 5.74) is 0. The molecule has 3 rings (SSSR count). The summed E-state index contributed by atoms with van der Waals surface area (Å²) in [5, 5.41) is 0. The van der Waals surface area contributed by atoms with Crippen LogP contribution in [0.15, 0.2) is 30.3 Å². The molecule has 0 radical (unpaired) electrons. The van der Waals surface area contributed by atoms with Gasteiger partial charge in [-0.25, -0.2) is 0 Å². The molecule has 2 nitrogen and oxygen atoms in total. The number of piperidine rings is 1. The van der Waals surface area contributed by atoms with Crippen LogP contribution in [-0.2, 0) is 4.79 Å². The third kappa shape index (κ3) is 3.41. The van der Waals surface area contributed by atoms with E-state index in [1.54, 1.807) is 0 Å². The monoisotopic (exact) mass is 351 g/mol. The van der Waals surface area contributed by atoms with Crippen molar-refractivity contribution in [1.29, 1.82) is 0 Å². The Hall–Kier alpha value is -0.631. The summed E-state index contributed by atoms with van der Waals surface area (Å²) in [6.07, 6.45) is 7.45. The number of carbonyl (C=O) groups excluding carboxylic acids is 1. The quantitative estimate of drug-likeness (QED) is 0.761. The van der Waals surface area contributed by atoms with E-state index in [2.05, 4.69) is 24.0 Å². The fourth-order valence-corrected chi connectivity index (χ4v) is 6.03. The topological polar surface area (TPSA) is 20.3 Å². The van der Waals surface area contributed by atoms with E-state index >= 15 is 0 Å². The Morgan fingerprint density at radius 3 is 2.81 bits per heavy atom. The first-order chi connectivity index (χ1) is 10.3. The Bertz CT molecular complexity index is 475. The first-order valence-electron chi connectivity index (χ1n) is 8.32. The van der Waals surface area contributed by atoms with Gasteiger partial charge in [-0.05, 0) is 0 Å². The Morgan fingerprint density at radius 2 is 2.05 bits per heavy atom. The standard InChI is InChI=1S/C18H25NOSe/c1-2-7-14-11-12-16(17-10-6-13-19(14)17)18(20)21-15-8-4-3-5-9-15/h3-5,8-9,14,16-17H,2,6-7,10-13H2,1H3/t14-,16?,17+/m1/s1. The molecule has 3 heteroatoms. The van der Waals surface area contributed by atoms with Crippen LogP contribution in [0.5, 0.6) is 0 Å². The number of carbonyl (C=O) groups is 1. The van der Waals surface area contributed by atoms with Gasteiger partial charge in [0.15, 0.2) is 0 Å². The molecule has 0 spiro atoms. The first kappa shape index (κ1) is 15.3. The van der Waals surface area contributed by atoms with E-state index in [1.165, 1.54) is 43.1 Å². The summed E-state index contributed by atoms with van der Waals surface area (Å²) in [7, 11) is 0. The Labute approximate surface area is 134 Å². The zero-order chi connectivity index (χ0) is 14.7. The van der Waals surface area contributed by atoms with Gasteiger partial charge in [-0.15, -0.1) is 0 Å². The third-order valence-electron chi connectivity index (χ3n) is 4.97. The number of hydrogen-bond donors (Lipinski definition) is 0. The fourth-order valence-electron chi connectivity index (χ4n) is 4.03. The molecule has 2 fully saturated rings. The van der Waals surface area contributed by atoms with Crippen molar-refractivity contribution in [2.45, 2.75) is 57.5 Å². The van der Waals surface area contributed by atoms with Crippen LogP contribution in [0.25, 0.3) is 0 Å². The molecule has 0 aromatic heterocycles. The van der Waals surface area contributed by atoms with E-state index < -0.39 is 0 Å². The van der Waals surface area contributed by atoms with Gasteiger partial charge in [0, 0.05) is 0 Å². The average Bonchev–Trinajstić information content (AvgIpc) is 2.98. The molecule has 2 heterocycles. The van der Waals surface area contributed by atoms with Gasteiger partial charge >= 0.3 is 134 Å². The summed E-state index contributed by atoms with van der Waals surface area (Å²) in [4.78, 5) is 15.5. The van der Waals surface area contributed by atoms with Crippen molar-refractivity contribution in [2.24, 2.45) is 5.92 Å². The van der Waals surface area contributed by atoms with Crippen LogP contribution in [0.3, 0.4) is 0 Å². The van der Waals surface area contributed by atoms with Gasteiger partial charge in [-0.3, -0.25) is 0 Å². The fraction of sp³-hybridized carbons (Fsp3) is 0.611. The molecule has 0 aliphatic carbocycles. The van der Waals surface area contributed by atoms with Crippen molar-refractivity contribution in [3.8, 4) is 0 Å². The second-order valence-electron chi connectivity index (χ2n) is 6.31. The molecule has 0 saturated carbocycles. The number of benzene rings is 1. The SMILES string of the molecule is CCC[C@@H]1CCC(C(=O)[Se]c2ccccc2)[C@@H]2CCCN12. The molecule has 2 aliphatic heterocycles. The predicted molar refractivity (Wildman–Crippen MR) is 88.0 cm³/mol. The molecule has 114 valence electrons. The van der Waals surface area contributed by atoms with E-state index in [0.717, 1.165) is 12.5 Å². The molecule has 0 amide bonds. The van der Waals surface area contributed by atoms with E-state index in [-0.39, 0.29) is 15.0 Å². The van der Waals surface area contributed by atoms with Gasteiger partial charge in [0.05, 0.1) is 0 Å². The average molecular weight is 350 g/mol. The van der Waals surface area contributed by atoms with Gasteiger partial charge in [0.1, 0.15) is 0 Å². The van der Waals surface area contributed by atoms with E-state index in [1.807, 2.05) is 18.2 Å². The van der Waals surface area contributed by atoms with Gasteiger partial charge in [-0.1, -0.05) is 0 Å². The Morgan fingerprint density at radius 1 is 1.24 bits per heavy atom. The maximum absolute atomic E-state index is 12.8. The van der Waals surface area contributed by atoms with Gasteiger partial charge in [0.2, 0.25) is 0 Å². The summed E-state index contributed by atoms with van der Waals surface area (Å²) >= 11 is -0.00220. The second kappa shape index (κ2) is 7.09. The van der Waals surface area contributed by atoms with Crippen molar-refractivity contribution in [3.05, 3.63) is 30.3 Å². The molecule has 2 aliphatic rings. The van der Waals surface area contributed by atoms with Crippen molar-refractivity contribution in [3.63, 3.8) is 0 Å². The van der Waals surface area contributed by atoms with E-state index in [4.69, 9.17) is 0 Å². The van der Waals surface area contributed by atoms with E-state index in [0.29, 0.717) is 16.6 Å². The van der Waals surface area contributed by atoms with Crippen LogP contribution in [0.2, 0.25) is 0 Å². The number of hydrogen-bond acceptors (Lipinski definition) is 2. The molecule has 1 unspecified atom stereocenters. The van der Waals surface area contributed by atoms with Crippen LogP contribution in [0.1, 0.15) is 45.4 Å². The summed E-state index contributed by atoms with van der Waals surface area (Å²) in [5.74, 6) is 0.306. The summed E-state index contributed by atoms with van der Waals surface area (Å²) in [6.45, 7) is 3.50. The third-order valence-corrected chi connectivity index (χ3v) is 7.10. The van der Waals surface area contributed by atoms with Crippen LogP contribution >= 0.6 is 0 Å². The molecule has 1 aromatic rings. The van der Waals surface area contributed by atoms with Crippen molar-refractivity contribution < 1.29 is 4.79 Å². The molecular formula is C18H25NOSe. The van der Waals surface area contributed by atoms with Crippen molar-refractivity contribution >= 4 is 24.1 Å². The zero-order valence-corrected chi connectivity index (χ0v) is 14.5. The van der Waals surface area contributed by atoms with E-state index in [9.17, 15) is 4.79 Å². The maximum atomic E-state index is 12.8. The van der Waals surface area contributed by atoms with Crippen LogP contribution in [-0.4, -0.2) is 43.2 Å². The predicted octanol–water partition coefficient (Wildman–Crippen LogP) is 2.59. The first-order valence-corrected chi connectivity index (χ1v) is 10.0. The van der Waals surface area contributed by atoms with Crippen LogP contribution in [0.4, 0.5) is 0 Å². The zero-order valence-electron chi connectivity index (χ0n) is 12.8. The molecule has 3 atom stereocenters.